The van der Waals surface area contributed by atoms with Gasteiger partial charge < -0.3 is 22.1 Å². The fourth-order valence-corrected chi connectivity index (χ4v) is 3.58. The van der Waals surface area contributed by atoms with Gasteiger partial charge in [0.25, 0.3) is 0 Å². The van der Waals surface area contributed by atoms with Crippen LogP contribution in [0.2, 0.25) is 0 Å². The van der Waals surface area contributed by atoms with E-state index in [1.165, 1.54) is 6.08 Å². The smallest absolute Gasteiger partial charge is 0.244 e. The van der Waals surface area contributed by atoms with Gasteiger partial charge in [-0.25, -0.2) is 0 Å². The summed E-state index contributed by atoms with van der Waals surface area (Å²) in [5.74, 6) is -0.597. The molecular formula is C26H41N5O3. The summed E-state index contributed by atoms with van der Waals surface area (Å²) < 4.78 is 0. The largest absolute Gasteiger partial charge is 0.370 e. The molecule has 0 aliphatic heterocycles. The second-order valence-electron chi connectivity index (χ2n) is 9.38. The SMILES string of the molecule is CC(C)CC(CC(=O)C(CC(C)C)NC(=O)/C=C/c1ccccc1)C(=O)NCCCN=C(N)N. The Morgan fingerprint density at radius 3 is 2.24 bits per heavy atom. The van der Waals surface area contributed by atoms with Crippen LogP contribution in [-0.2, 0) is 14.4 Å². The number of nitrogens with two attached hydrogens (primary N) is 2. The van der Waals surface area contributed by atoms with E-state index in [0.29, 0.717) is 32.4 Å². The van der Waals surface area contributed by atoms with Crippen LogP contribution in [0.5, 0.6) is 0 Å². The average Bonchev–Trinajstić information content (AvgIpc) is 2.76. The van der Waals surface area contributed by atoms with Crippen LogP contribution in [0.1, 0.15) is 58.9 Å². The van der Waals surface area contributed by atoms with Gasteiger partial charge in [-0.1, -0.05) is 58.0 Å². The first kappa shape index (κ1) is 28.9. The number of Topliss-reactive ketones (excluding diaryl/α,β-unsaturated/α-hetero) is 1. The minimum atomic E-state index is -0.641. The molecule has 2 atom stereocenters. The lowest BCUT2D eigenvalue weighted by atomic mass is 9.88. The van der Waals surface area contributed by atoms with E-state index < -0.39 is 12.0 Å². The van der Waals surface area contributed by atoms with Gasteiger partial charge in [-0.05, 0) is 42.7 Å². The molecule has 0 heterocycles. The van der Waals surface area contributed by atoms with Gasteiger partial charge in [0.1, 0.15) is 0 Å². The highest BCUT2D eigenvalue weighted by Gasteiger charge is 2.28. The number of nitrogens with zero attached hydrogens (tertiary/aromatic N) is 1. The molecule has 1 rings (SSSR count). The molecule has 1 aromatic rings. The number of amides is 2. The Hall–Kier alpha value is -3.16. The standard InChI is InChI=1S/C26H41N5O3/c1-18(2)15-21(25(34)29-13-8-14-30-26(27)28)17-23(32)22(16-19(3)4)31-24(33)12-11-20-9-6-5-7-10-20/h5-7,9-12,18-19,21-22H,8,13-17H2,1-4H3,(H,29,34)(H,31,33)(H4,27,28,30)/b12-11+. The maximum atomic E-state index is 13.2. The summed E-state index contributed by atoms with van der Waals surface area (Å²) in [6.45, 7) is 8.89. The Balaban J connectivity index is 2.78. The van der Waals surface area contributed by atoms with E-state index in [1.807, 2.05) is 58.0 Å². The predicted octanol–water partition coefficient (Wildman–Crippen LogP) is 2.63. The van der Waals surface area contributed by atoms with Gasteiger partial charge in [-0.2, -0.15) is 0 Å². The van der Waals surface area contributed by atoms with E-state index in [2.05, 4.69) is 15.6 Å². The number of ketones is 1. The van der Waals surface area contributed by atoms with Crippen molar-refractivity contribution < 1.29 is 14.4 Å². The maximum Gasteiger partial charge on any atom is 0.244 e. The summed E-state index contributed by atoms with van der Waals surface area (Å²) in [5.41, 5.74) is 11.5. The van der Waals surface area contributed by atoms with Gasteiger partial charge >= 0.3 is 0 Å². The Bertz CT molecular complexity index is 830. The molecule has 0 bridgehead atoms. The molecule has 0 radical (unpaired) electrons. The number of aliphatic imine (C=N–C) groups is 1. The molecule has 6 N–H and O–H groups in total. The lowest BCUT2D eigenvalue weighted by Crippen LogP contribution is -2.43. The number of hydrogen-bond acceptors (Lipinski definition) is 4. The normalized spacial score (nSPS) is 13.0. The first-order valence-corrected chi connectivity index (χ1v) is 12.0. The molecular weight excluding hydrogens is 430 g/mol. The molecule has 34 heavy (non-hydrogen) atoms. The molecule has 8 heteroatoms. The van der Waals surface area contributed by atoms with Crippen molar-refractivity contribution in [1.29, 1.82) is 0 Å². The summed E-state index contributed by atoms with van der Waals surface area (Å²) in [4.78, 5) is 42.4. The third-order valence-electron chi connectivity index (χ3n) is 5.14. The lowest BCUT2D eigenvalue weighted by molar-refractivity contribution is -0.131. The molecule has 0 spiro atoms. The summed E-state index contributed by atoms with van der Waals surface area (Å²) in [5, 5.41) is 5.73. The van der Waals surface area contributed by atoms with Crippen LogP contribution < -0.4 is 22.1 Å². The average molecular weight is 472 g/mol. The van der Waals surface area contributed by atoms with Crippen LogP contribution in [0.15, 0.2) is 41.4 Å². The summed E-state index contributed by atoms with van der Waals surface area (Å²) in [6.07, 6.45) is 4.93. The van der Waals surface area contributed by atoms with Gasteiger partial charge in [0.05, 0.1) is 6.04 Å². The predicted molar refractivity (Wildman–Crippen MR) is 138 cm³/mol. The third kappa shape index (κ3) is 12.8. The third-order valence-corrected chi connectivity index (χ3v) is 5.14. The van der Waals surface area contributed by atoms with Crippen LogP contribution >= 0.6 is 0 Å². The monoisotopic (exact) mass is 471 g/mol. The minimum Gasteiger partial charge on any atom is -0.370 e. The van der Waals surface area contributed by atoms with Crippen molar-refractivity contribution in [2.75, 3.05) is 13.1 Å². The van der Waals surface area contributed by atoms with Crippen molar-refractivity contribution in [2.24, 2.45) is 34.2 Å². The maximum absolute atomic E-state index is 13.2. The van der Waals surface area contributed by atoms with Crippen molar-refractivity contribution in [2.45, 2.75) is 59.4 Å². The molecule has 0 aliphatic rings. The van der Waals surface area contributed by atoms with Crippen molar-refractivity contribution >= 4 is 29.6 Å². The molecule has 1 aromatic carbocycles. The van der Waals surface area contributed by atoms with E-state index in [1.54, 1.807) is 6.08 Å². The zero-order valence-corrected chi connectivity index (χ0v) is 20.9. The Kier molecular flexibility index (Phi) is 13.3. The van der Waals surface area contributed by atoms with Gasteiger partial charge in [0, 0.05) is 31.5 Å². The van der Waals surface area contributed by atoms with E-state index in [9.17, 15) is 14.4 Å². The Morgan fingerprint density at radius 1 is 1.00 bits per heavy atom. The van der Waals surface area contributed by atoms with Gasteiger partial charge in [-0.3, -0.25) is 19.4 Å². The summed E-state index contributed by atoms with van der Waals surface area (Å²) in [6, 6.07) is 8.84. The zero-order valence-electron chi connectivity index (χ0n) is 20.9. The van der Waals surface area contributed by atoms with Crippen LogP contribution in [0, 0.1) is 17.8 Å². The topological polar surface area (TPSA) is 140 Å². The molecule has 2 amide bonds. The molecule has 8 nitrogen and oxygen atoms in total. The minimum absolute atomic E-state index is 0.0199. The second kappa shape index (κ2) is 15.6. The van der Waals surface area contributed by atoms with Crippen molar-refractivity contribution in [3.05, 3.63) is 42.0 Å². The quantitative estimate of drug-likeness (QED) is 0.135. The van der Waals surface area contributed by atoms with Gasteiger partial charge in [0.2, 0.25) is 11.8 Å². The highest BCUT2D eigenvalue weighted by molar-refractivity contribution is 5.97. The summed E-state index contributed by atoms with van der Waals surface area (Å²) >= 11 is 0. The fourth-order valence-electron chi connectivity index (χ4n) is 3.58. The number of carbonyl (C=O) groups excluding carboxylic acids is 3. The first-order chi connectivity index (χ1) is 16.1. The Labute approximate surface area is 203 Å². The van der Waals surface area contributed by atoms with Crippen molar-refractivity contribution in [3.8, 4) is 0 Å². The zero-order chi connectivity index (χ0) is 25.5. The molecule has 0 saturated heterocycles. The van der Waals surface area contributed by atoms with Crippen LogP contribution in [0.3, 0.4) is 0 Å². The highest BCUT2D eigenvalue weighted by atomic mass is 16.2. The molecule has 0 saturated carbocycles. The number of benzene rings is 1. The molecule has 188 valence electrons. The van der Waals surface area contributed by atoms with Crippen LogP contribution in [0.25, 0.3) is 6.08 Å². The van der Waals surface area contributed by atoms with Crippen LogP contribution in [-0.4, -0.2) is 42.7 Å². The summed E-state index contributed by atoms with van der Waals surface area (Å²) in [7, 11) is 0. The number of hydrogen-bond donors (Lipinski definition) is 4. The van der Waals surface area contributed by atoms with E-state index in [4.69, 9.17) is 11.5 Å². The van der Waals surface area contributed by atoms with Gasteiger partial charge in [-0.15, -0.1) is 0 Å². The number of nitrogens with one attached hydrogen (secondary N) is 2. The highest BCUT2D eigenvalue weighted by Crippen LogP contribution is 2.19. The number of carbonyl (C=O) groups is 3. The molecule has 2 unspecified atom stereocenters. The molecule has 0 fully saturated rings. The van der Waals surface area contributed by atoms with Gasteiger partial charge in [0.15, 0.2) is 11.7 Å². The van der Waals surface area contributed by atoms with Crippen LogP contribution in [0.4, 0.5) is 0 Å². The second-order valence-corrected chi connectivity index (χ2v) is 9.38. The fraction of sp³-hybridized carbons (Fsp3) is 0.538. The van der Waals surface area contributed by atoms with E-state index in [0.717, 1.165) is 5.56 Å². The first-order valence-electron chi connectivity index (χ1n) is 12.0. The Morgan fingerprint density at radius 2 is 1.65 bits per heavy atom. The van der Waals surface area contributed by atoms with Crippen molar-refractivity contribution in [1.82, 2.24) is 10.6 Å². The molecule has 0 aliphatic carbocycles. The number of guanidine groups is 1. The molecule has 0 aromatic heterocycles. The lowest BCUT2D eigenvalue weighted by Gasteiger charge is -2.23. The number of rotatable bonds is 15. The van der Waals surface area contributed by atoms with Crippen molar-refractivity contribution in [3.63, 3.8) is 0 Å². The van der Waals surface area contributed by atoms with E-state index >= 15 is 0 Å². The van der Waals surface area contributed by atoms with E-state index in [-0.39, 0.29) is 41.8 Å².